The highest BCUT2D eigenvalue weighted by Gasteiger charge is 2.25. The van der Waals surface area contributed by atoms with E-state index in [9.17, 15) is 0 Å². The smallest absolute Gasteiger partial charge is 0.153 e. The molecule has 1 atom stereocenters. The first-order chi connectivity index (χ1) is 7.93. The Morgan fingerprint density at radius 2 is 2.00 bits per heavy atom. The summed E-state index contributed by atoms with van der Waals surface area (Å²) in [5.41, 5.74) is 1.36. The number of fused-ring (bicyclic) bond motifs is 1. The first kappa shape index (κ1) is 10.1. The second kappa shape index (κ2) is 4.44. The number of hydrogen-bond donors (Lipinski definition) is 1. The van der Waals surface area contributed by atoms with Crippen LogP contribution in [0.4, 0.5) is 0 Å². The first-order valence-electron chi connectivity index (χ1n) is 6.13. The van der Waals surface area contributed by atoms with E-state index in [4.69, 9.17) is 4.74 Å². The Balaban J connectivity index is 1.72. The molecule has 1 fully saturated rings. The van der Waals surface area contributed by atoms with E-state index in [-0.39, 0.29) is 6.23 Å². The molecule has 3 nitrogen and oxygen atoms in total. The second-order valence-corrected chi connectivity index (χ2v) is 4.50. The van der Waals surface area contributed by atoms with Crippen LogP contribution < -0.4 is 10.1 Å². The first-order valence-corrected chi connectivity index (χ1v) is 6.13. The third-order valence-corrected chi connectivity index (χ3v) is 3.46. The van der Waals surface area contributed by atoms with Crippen molar-refractivity contribution in [2.75, 3.05) is 26.2 Å². The maximum Gasteiger partial charge on any atom is 0.153 e. The number of rotatable bonds is 1. The molecule has 0 bridgehead atoms. The van der Waals surface area contributed by atoms with E-state index >= 15 is 0 Å². The molecule has 1 aromatic rings. The van der Waals surface area contributed by atoms with Gasteiger partial charge in [-0.1, -0.05) is 18.2 Å². The molecule has 0 radical (unpaired) electrons. The lowest BCUT2D eigenvalue weighted by Crippen LogP contribution is -2.51. The van der Waals surface area contributed by atoms with Gasteiger partial charge in [-0.3, -0.25) is 4.90 Å². The molecule has 1 aromatic carbocycles. The summed E-state index contributed by atoms with van der Waals surface area (Å²) in [5, 5.41) is 3.38. The van der Waals surface area contributed by atoms with Gasteiger partial charge in [0.25, 0.3) is 0 Å². The van der Waals surface area contributed by atoms with Crippen LogP contribution in [-0.4, -0.2) is 37.3 Å². The van der Waals surface area contributed by atoms with Crippen LogP contribution in [0.25, 0.3) is 0 Å². The maximum absolute atomic E-state index is 6.07. The lowest BCUT2D eigenvalue weighted by molar-refractivity contribution is 0.00248. The summed E-state index contributed by atoms with van der Waals surface area (Å²) in [4.78, 5) is 2.45. The molecule has 0 spiro atoms. The monoisotopic (exact) mass is 218 g/mol. The zero-order valence-corrected chi connectivity index (χ0v) is 9.48. The van der Waals surface area contributed by atoms with Crippen molar-refractivity contribution < 1.29 is 4.74 Å². The fraction of sp³-hybridized carbons (Fsp3) is 0.538. The molecule has 0 aliphatic carbocycles. The highest BCUT2D eigenvalue weighted by atomic mass is 16.5. The van der Waals surface area contributed by atoms with Crippen LogP contribution in [-0.2, 0) is 6.42 Å². The van der Waals surface area contributed by atoms with Crippen molar-refractivity contribution in [3.05, 3.63) is 29.8 Å². The van der Waals surface area contributed by atoms with E-state index in [2.05, 4.69) is 34.5 Å². The van der Waals surface area contributed by atoms with Crippen LogP contribution in [0, 0.1) is 0 Å². The predicted octanol–water partition coefficient (Wildman–Crippen LogP) is 1.24. The van der Waals surface area contributed by atoms with Crippen LogP contribution >= 0.6 is 0 Å². The van der Waals surface area contributed by atoms with Crippen molar-refractivity contribution in [2.24, 2.45) is 0 Å². The molecule has 3 heteroatoms. The van der Waals surface area contributed by atoms with E-state index in [1.54, 1.807) is 0 Å². The van der Waals surface area contributed by atoms with Gasteiger partial charge < -0.3 is 10.1 Å². The van der Waals surface area contributed by atoms with E-state index in [0.29, 0.717) is 0 Å². The van der Waals surface area contributed by atoms with Crippen molar-refractivity contribution in [1.29, 1.82) is 0 Å². The molecular formula is C13H18N2O. The Hall–Kier alpha value is -1.06. The summed E-state index contributed by atoms with van der Waals surface area (Å²) in [6, 6.07) is 8.40. The highest BCUT2D eigenvalue weighted by Crippen LogP contribution is 2.28. The van der Waals surface area contributed by atoms with Crippen molar-refractivity contribution in [3.63, 3.8) is 0 Å². The van der Waals surface area contributed by atoms with Crippen molar-refractivity contribution in [3.8, 4) is 5.75 Å². The molecule has 1 N–H and O–H groups in total. The Morgan fingerprint density at radius 3 is 2.88 bits per heavy atom. The number of benzene rings is 1. The van der Waals surface area contributed by atoms with Gasteiger partial charge in [0, 0.05) is 32.6 Å². The third-order valence-electron chi connectivity index (χ3n) is 3.46. The number of nitrogens with one attached hydrogen (secondary N) is 1. The van der Waals surface area contributed by atoms with Crippen LogP contribution in [0.2, 0.25) is 0 Å². The van der Waals surface area contributed by atoms with Crippen LogP contribution in [0.3, 0.4) is 0 Å². The van der Waals surface area contributed by atoms with Gasteiger partial charge in [-0.2, -0.15) is 0 Å². The predicted molar refractivity (Wildman–Crippen MR) is 63.6 cm³/mol. The molecule has 0 amide bonds. The third kappa shape index (κ3) is 1.93. The molecular weight excluding hydrogens is 200 g/mol. The fourth-order valence-corrected chi connectivity index (χ4v) is 2.54. The van der Waals surface area contributed by atoms with Gasteiger partial charge in [0.2, 0.25) is 0 Å². The van der Waals surface area contributed by atoms with Gasteiger partial charge in [0.15, 0.2) is 6.23 Å². The normalized spacial score (nSPS) is 25.9. The number of aryl methyl sites for hydroxylation is 1. The number of ether oxygens (including phenoxy) is 1. The molecule has 16 heavy (non-hydrogen) atoms. The summed E-state index contributed by atoms with van der Waals surface area (Å²) in [6.45, 7) is 4.38. The summed E-state index contributed by atoms with van der Waals surface area (Å²) < 4.78 is 6.07. The fourth-order valence-electron chi connectivity index (χ4n) is 2.54. The Bertz CT molecular complexity index is 361. The van der Waals surface area contributed by atoms with Crippen LogP contribution in [0.15, 0.2) is 24.3 Å². The van der Waals surface area contributed by atoms with E-state index in [1.807, 2.05) is 0 Å². The van der Waals surface area contributed by atoms with E-state index in [1.165, 1.54) is 5.56 Å². The lowest BCUT2D eigenvalue weighted by Gasteiger charge is -2.37. The lowest BCUT2D eigenvalue weighted by atomic mass is 10.0. The van der Waals surface area contributed by atoms with Crippen molar-refractivity contribution in [1.82, 2.24) is 10.2 Å². The molecule has 2 aliphatic rings. The second-order valence-electron chi connectivity index (χ2n) is 4.50. The molecule has 1 unspecified atom stereocenters. The molecule has 86 valence electrons. The van der Waals surface area contributed by atoms with Gasteiger partial charge in [0.1, 0.15) is 5.75 Å². The largest absolute Gasteiger partial charge is 0.475 e. The molecule has 2 heterocycles. The Labute approximate surface area is 96.4 Å². The van der Waals surface area contributed by atoms with Crippen LogP contribution in [0.5, 0.6) is 5.75 Å². The van der Waals surface area contributed by atoms with Gasteiger partial charge in [-0.25, -0.2) is 0 Å². The van der Waals surface area contributed by atoms with Crippen molar-refractivity contribution in [2.45, 2.75) is 19.1 Å². The number of para-hydroxylation sites is 1. The molecule has 0 aromatic heterocycles. The summed E-state index contributed by atoms with van der Waals surface area (Å²) in [5.74, 6) is 1.08. The Kier molecular flexibility index (Phi) is 2.80. The van der Waals surface area contributed by atoms with Crippen molar-refractivity contribution >= 4 is 0 Å². The molecule has 3 rings (SSSR count). The van der Waals surface area contributed by atoms with E-state index in [0.717, 1.165) is 44.8 Å². The average Bonchev–Trinajstić information content (AvgIpc) is 2.39. The minimum Gasteiger partial charge on any atom is -0.475 e. The maximum atomic E-state index is 6.07. The topological polar surface area (TPSA) is 24.5 Å². The van der Waals surface area contributed by atoms with E-state index < -0.39 is 0 Å². The quantitative estimate of drug-likeness (QED) is 0.767. The van der Waals surface area contributed by atoms with Gasteiger partial charge in [-0.15, -0.1) is 0 Å². The summed E-state index contributed by atoms with van der Waals surface area (Å²) >= 11 is 0. The van der Waals surface area contributed by atoms with Crippen LogP contribution in [0.1, 0.15) is 12.0 Å². The zero-order valence-electron chi connectivity index (χ0n) is 9.48. The number of piperazine rings is 1. The molecule has 0 saturated carbocycles. The van der Waals surface area contributed by atoms with Gasteiger partial charge >= 0.3 is 0 Å². The Morgan fingerprint density at radius 1 is 1.19 bits per heavy atom. The molecule has 2 aliphatic heterocycles. The zero-order chi connectivity index (χ0) is 10.8. The minimum absolute atomic E-state index is 0.289. The standard InChI is InChI=1S/C13H18N2O/c1-2-4-12-11(3-1)5-6-13(16-12)15-9-7-14-8-10-15/h1-4,13-14H,5-10H2. The van der Waals surface area contributed by atoms with Gasteiger partial charge in [0.05, 0.1) is 0 Å². The molecule has 1 saturated heterocycles. The van der Waals surface area contributed by atoms with Gasteiger partial charge in [-0.05, 0) is 18.1 Å². The number of hydrogen-bond acceptors (Lipinski definition) is 3. The summed E-state index contributed by atoms with van der Waals surface area (Å²) in [6.07, 6.45) is 2.55. The summed E-state index contributed by atoms with van der Waals surface area (Å²) in [7, 11) is 0. The number of nitrogens with zero attached hydrogens (tertiary/aromatic N) is 1. The average molecular weight is 218 g/mol. The SMILES string of the molecule is c1ccc2c(c1)CCC(N1CCNCC1)O2. The highest BCUT2D eigenvalue weighted by molar-refractivity contribution is 5.34. The minimum atomic E-state index is 0.289.